The Labute approximate surface area is 90.8 Å². The van der Waals surface area contributed by atoms with E-state index in [9.17, 15) is 0 Å². The van der Waals surface area contributed by atoms with Crippen LogP contribution < -0.4 is 10.6 Å². The van der Waals surface area contributed by atoms with E-state index in [4.69, 9.17) is 4.74 Å². The van der Waals surface area contributed by atoms with E-state index in [-0.39, 0.29) is 0 Å². The van der Waals surface area contributed by atoms with Gasteiger partial charge in [0.2, 0.25) is 0 Å². The second-order valence-corrected chi connectivity index (χ2v) is 3.84. The summed E-state index contributed by atoms with van der Waals surface area (Å²) in [6.45, 7) is 4.53. The summed E-state index contributed by atoms with van der Waals surface area (Å²) in [5.74, 6) is 0. The van der Waals surface area contributed by atoms with E-state index in [1.54, 1.807) is 0 Å². The van der Waals surface area contributed by atoms with E-state index in [0.717, 1.165) is 32.8 Å². The molecule has 3 nitrogen and oxygen atoms in total. The smallest absolute Gasteiger partial charge is 0.0632 e. The third-order valence-corrected chi connectivity index (χ3v) is 2.56. The number of ether oxygens (including phenoxy) is 1. The van der Waals surface area contributed by atoms with Crippen LogP contribution in [-0.4, -0.2) is 32.3 Å². The minimum atomic E-state index is 0.461. The predicted molar refractivity (Wildman–Crippen MR) is 60.8 cm³/mol. The molecule has 0 aliphatic carbocycles. The van der Waals surface area contributed by atoms with Crippen LogP contribution in [0.25, 0.3) is 0 Å². The second kappa shape index (κ2) is 5.85. The van der Waals surface area contributed by atoms with E-state index < -0.39 is 0 Å². The van der Waals surface area contributed by atoms with Crippen molar-refractivity contribution in [2.45, 2.75) is 12.6 Å². The number of benzene rings is 1. The molecule has 15 heavy (non-hydrogen) atoms. The molecule has 1 aromatic carbocycles. The zero-order valence-corrected chi connectivity index (χ0v) is 8.91. The predicted octanol–water partition coefficient (Wildman–Crippen LogP) is 0.765. The highest BCUT2D eigenvalue weighted by Gasteiger charge is 2.11. The quantitative estimate of drug-likeness (QED) is 0.763. The van der Waals surface area contributed by atoms with Crippen LogP contribution in [0.4, 0.5) is 0 Å². The Kier molecular flexibility index (Phi) is 4.14. The summed E-state index contributed by atoms with van der Waals surface area (Å²) in [6.07, 6.45) is 0. The number of rotatable bonds is 4. The minimum absolute atomic E-state index is 0.461. The van der Waals surface area contributed by atoms with Gasteiger partial charge in [0, 0.05) is 25.7 Å². The SMILES string of the molecule is c1ccc(CNCC2COCCN2)cc1. The lowest BCUT2D eigenvalue weighted by Crippen LogP contribution is -2.47. The summed E-state index contributed by atoms with van der Waals surface area (Å²) >= 11 is 0. The van der Waals surface area contributed by atoms with Gasteiger partial charge in [-0.05, 0) is 5.56 Å². The molecule has 2 rings (SSSR count). The van der Waals surface area contributed by atoms with Crippen LogP contribution in [0.1, 0.15) is 5.56 Å². The highest BCUT2D eigenvalue weighted by atomic mass is 16.5. The molecule has 0 aromatic heterocycles. The summed E-state index contributed by atoms with van der Waals surface area (Å²) in [5, 5.41) is 6.85. The maximum atomic E-state index is 5.38. The lowest BCUT2D eigenvalue weighted by molar-refractivity contribution is 0.0766. The van der Waals surface area contributed by atoms with Gasteiger partial charge in [-0.25, -0.2) is 0 Å². The summed E-state index contributed by atoms with van der Waals surface area (Å²) in [7, 11) is 0. The number of hydrogen-bond acceptors (Lipinski definition) is 3. The fourth-order valence-electron chi connectivity index (χ4n) is 1.74. The molecular formula is C12H18N2O. The molecule has 1 unspecified atom stereocenters. The highest BCUT2D eigenvalue weighted by molar-refractivity contribution is 5.14. The van der Waals surface area contributed by atoms with Crippen LogP contribution in [-0.2, 0) is 11.3 Å². The average Bonchev–Trinajstić information content (AvgIpc) is 2.32. The van der Waals surface area contributed by atoms with Crippen molar-refractivity contribution >= 4 is 0 Å². The molecule has 2 N–H and O–H groups in total. The number of nitrogens with one attached hydrogen (secondary N) is 2. The van der Waals surface area contributed by atoms with Crippen molar-refractivity contribution in [3.05, 3.63) is 35.9 Å². The Hall–Kier alpha value is -0.900. The molecule has 1 atom stereocenters. The van der Waals surface area contributed by atoms with Crippen molar-refractivity contribution < 1.29 is 4.74 Å². The lowest BCUT2D eigenvalue weighted by atomic mass is 10.2. The first kappa shape index (κ1) is 10.6. The molecule has 0 bridgehead atoms. The fraction of sp³-hybridized carbons (Fsp3) is 0.500. The largest absolute Gasteiger partial charge is 0.378 e. The Morgan fingerprint density at radius 2 is 2.20 bits per heavy atom. The Bertz CT molecular complexity index is 270. The van der Waals surface area contributed by atoms with Crippen molar-refractivity contribution in [3.8, 4) is 0 Å². The Balaban J connectivity index is 1.66. The van der Waals surface area contributed by atoms with E-state index in [1.807, 2.05) is 6.07 Å². The van der Waals surface area contributed by atoms with Crippen LogP contribution in [0, 0.1) is 0 Å². The maximum absolute atomic E-state index is 5.38. The van der Waals surface area contributed by atoms with Crippen LogP contribution in [0.2, 0.25) is 0 Å². The first-order valence-electron chi connectivity index (χ1n) is 5.51. The van der Waals surface area contributed by atoms with Crippen molar-refractivity contribution in [2.75, 3.05) is 26.3 Å². The zero-order chi connectivity index (χ0) is 10.3. The monoisotopic (exact) mass is 206 g/mol. The average molecular weight is 206 g/mol. The molecule has 1 aliphatic heterocycles. The minimum Gasteiger partial charge on any atom is -0.378 e. The first-order valence-corrected chi connectivity index (χ1v) is 5.51. The van der Waals surface area contributed by atoms with Crippen molar-refractivity contribution in [3.63, 3.8) is 0 Å². The van der Waals surface area contributed by atoms with Gasteiger partial charge < -0.3 is 15.4 Å². The molecular weight excluding hydrogens is 188 g/mol. The molecule has 1 saturated heterocycles. The van der Waals surface area contributed by atoms with Gasteiger partial charge in [0.1, 0.15) is 0 Å². The van der Waals surface area contributed by atoms with Gasteiger partial charge in [-0.1, -0.05) is 30.3 Å². The summed E-state index contributed by atoms with van der Waals surface area (Å²) in [6, 6.07) is 10.9. The number of hydrogen-bond donors (Lipinski definition) is 2. The van der Waals surface area contributed by atoms with Crippen molar-refractivity contribution in [1.29, 1.82) is 0 Å². The van der Waals surface area contributed by atoms with Gasteiger partial charge >= 0.3 is 0 Å². The van der Waals surface area contributed by atoms with E-state index in [0.29, 0.717) is 6.04 Å². The van der Waals surface area contributed by atoms with Gasteiger partial charge in [-0.3, -0.25) is 0 Å². The molecule has 1 heterocycles. The molecule has 0 radical (unpaired) electrons. The van der Waals surface area contributed by atoms with Gasteiger partial charge in [0.05, 0.1) is 13.2 Å². The fourth-order valence-corrected chi connectivity index (χ4v) is 1.74. The van der Waals surface area contributed by atoms with Crippen molar-refractivity contribution in [2.24, 2.45) is 0 Å². The van der Waals surface area contributed by atoms with E-state index in [2.05, 4.69) is 34.9 Å². The van der Waals surface area contributed by atoms with Gasteiger partial charge in [0.25, 0.3) is 0 Å². The molecule has 0 spiro atoms. The molecule has 1 aliphatic rings. The van der Waals surface area contributed by atoms with E-state index in [1.165, 1.54) is 5.56 Å². The van der Waals surface area contributed by atoms with Crippen LogP contribution in [0.3, 0.4) is 0 Å². The Morgan fingerprint density at radius 3 is 2.93 bits per heavy atom. The third-order valence-electron chi connectivity index (χ3n) is 2.56. The standard InChI is InChI=1S/C12H18N2O/c1-2-4-11(5-3-1)8-13-9-12-10-15-7-6-14-12/h1-5,12-14H,6-10H2. The third kappa shape index (κ3) is 3.63. The molecule has 1 aromatic rings. The highest BCUT2D eigenvalue weighted by Crippen LogP contribution is 1.97. The van der Waals surface area contributed by atoms with E-state index >= 15 is 0 Å². The summed E-state index contributed by atoms with van der Waals surface area (Å²) in [4.78, 5) is 0. The molecule has 0 saturated carbocycles. The molecule has 0 amide bonds. The first-order chi connectivity index (χ1) is 7.45. The second-order valence-electron chi connectivity index (χ2n) is 3.84. The van der Waals surface area contributed by atoms with Crippen molar-refractivity contribution in [1.82, 2.24) is 10.6 Å². The maximum Gasteiger partial charge on any atom is 0.0632 e. The van der Waals surface area contributed by atoms with Crippen LogP contribution in [0.15, 0.2) is 30.3 Å². The zero-order valence-electron chi connectivity index (χ0n) is 8.91. The number of morpholine rings is 1. The van der Waals surface area contributed by atoms with Crippen LogP contribution >= 0.6 is 0 Å². The molecule has 1 fully saturated rings. The normalized spacial score (nSPS) is 21.5. The molecule has 82 valence electrons. The van der Waals surface area contributed by atoms with Gasteiger partial charge in [-0.2, -0.15) is 0 Å². The van der Waals surface area contributed by atoms with Crippen LogP contribution in [0.5, 0.6) is 0 Å². The van der Waals surface area contributed by atoms with Gasteiger partial charge in [0.15, 0.2) is 0 Å². The summed E-state index contributed by atoms with van der Waals surface area (Å²) in [5.41, 5.74) is 1.33. The summed E-state index contributed by atoms with van der Waals surface area (Å²) < 4.78 is 5.38. The Morgan fingerprint density at radius 1 is 1.33 bits per heavy atom. The molecule has 3 heteroatoms. The van der Waals surface area contributed by atoms with Gasteiger partial charge in [-0.15, -0.1) is 0 Å². The topological polar surface area (TPSA) is 33.3 Å². The lowest BCUT2D eigenvalue weighted by Gasteiger charge is -2.24.